The van der Waals surface area contributed by atoms with E-state index in [1.54, 1.807) is 30.3 Å². The summed E-state index contributed by atoms with van der Waals surface area (Å²) in [6.45, 7) is 2.88. The fourth-order valence-electron chi connectivity index (χ4n) is 3.37. The van der Waals surface area contributed by atoms with E-state index in [9.17, 15) is 9.90 Å². The third-order valence-corrected chi connectivity index (χ3v) is 4.49. The van der Waals surface area contributed by atoms with Gasteiger partial charge in [0, 0.05) is 18.0 Å². The Bertz CT molecular complexity index is 523. The monoisotopic (exact) mass is 287 g/mol. The molecule has 2 aliphatic rings. The number of carbonyl (C=O) groups excluding carboxylic acids is 1. The van der Waals surface area contributed by atoms with Crippen molar-refractivity contribution in [1.82, 2.24) is 4.90 Å². The summed E-state index contributed by atoms with van der Waals surface area (Å²) in [5.41, 5.74) is 0.868. The van der Waals surface area contributed by atoms with Gasteiger partial charge in [0.25, 0.3) is 0 Å². The second-order valence-corrected chi connectivity index (χ2v) is 5.85. The summed E-state index contributed by atoms with van der Waals surface area (Å²) in [4.78, 5) is 14.3. The first kappa shape index (κ1) is 14.1. The molecule has 3 rings (SSSR count). The zero-order valence-corrected chi connectivity index (χ0v) is 12.1. The van der Waals surface area contributed by atoms with E-state index in [-0.39, 0.29) is 11.7 Å². The van der Waals surface area contributed by atoms with Crippen LogP contribution in [-0.2, 0) is 9.53 Å². The second kappa shape index (κ2) is 6.31. The van der Waals surface area contributed by atoms with Crippen LogP contribution in [0.15, 0.2) is 30.3 Å². The molecule has 2 heterocycles. The number of phenolic OH excluding ortho intramolecular Hbond substituents is 1. The SMILES string of the molecule is O=C(/C=C/c1ccc(O)cc1)OC[C@@H]1CCN2CCC[C@H]12. The fraction of sp³-hybridized carbons (Fsp3) is 0.471. The van der Waals surface area contributed by atoms with Gasteiger partial charge in [0.2, 0.25) is 0 Å². The molecule has 2 fully saturated rings. The normalized spacial score (nSPS) is 25.3. The summed E-state index contributed by atoms with van der Waals surface area (Å²) < 4.78 is 5.38. The van der Waals surface area contributed by atoms with Crippen molar-refractivity contribution in [2.45, 2.75) is 25.3 Å². The van der Waals surface area contributed by atoms with Crippen LogP contribution in [0, 0.1) is 5.92 Å². The topological polar surface area (TPSA) is 49.8 Å². The predicted octanol–water partition coefficient (Wildman–Crippen LogP) is 2.43. The van der Waals surface area contributed by atoms with E-state index in [1.807, 2.05) is 0 Å². The highest BCUT2D eigenvalue weighted by Crippen LogP contribution is 2.32. The molecule has 0 aliphatic carbocycles. The molecule has 112 valence electrons. The smallest absolute Gasteiger partial charge is 0.330 e. The Kier molecular flexibility index (Phi) is 4.25. The summed E-state index contributed by atoms with van der Waals surface area (Å²) in [6.07, 6.45) is 6.81. The number of phenols is 1. The van der Waals surface area contributed by atoms with Crippen LogP contribution in [0.5, 0.6) is 5.75 Å². The Balaban J connectivity index is 1.47. The minimum atomic E-state index is -0.292. The van der Waals surface area contributed by atoms with Gasteiger partial charge < -0.3 is 9.84 Å². The largest absolute Gasteiger partial charge is 0.508 e. The molecular formula is C17H21NO3. The van der Waals surface area contributed by atoms with E-state index >= 15 is 0 Å². The van der Waals surface area contributed by atoms with Crippen LogP contribution in [0.3, 0.4) is 0 Å². The second-order valence-electron chi connectivity index (χ2n) is 5.85. The van der Waals surface area contributed by atoms with Gasteiger partial charge >= 0.3 is 5.97 Å². The molecule has 0 bridgehead atoms. The van der Waals surface area contributed by atoms with E-state index < -0.39 is 0 Å². The van der Waals surface area contributed by atoms with Crippen LogP contribution >= 0.6 is 0 Å². The van der Waals surface area contributed by atoms with Gasteiger partial charge in [0.15, 0.2) is 0 Å². The Morgan fingerprint density at radius 1 is 1.29 bits per heavy atom. The highest BCUT2D eigenvalue weighted by atomic mass is 16.5. The van der Waals surface area contributed by atoms with Crippen molar-refractivity contribution in [3.8, 4) is 5.75 Å². The lowest BCUT2D eigenvalue weighted by molar-refractivity contribution is -0.139. The number of benzene rings is 1. The molecule has 0 unspecified atom stereocenters. The maximum Gasteiger partial charge on any atom is 0.330 e. The Morgan fingerprint density at radius 3 is 2.90 bits per heavy atom. The lowest BCUT2D eigenvalue weighted by Gasteiger charge is -2.19. The molecule has 21 heavy (non-hydrogen) atoms. The van der Waals surface area contributed by atoms with Crippen molar-refractivity contribution < 1.29 is 14.6 Å². The van der Waals surface area contributed by atoms with Crippen LogP contribution in [0.1, 0.15) is 24.8 Å². The van der Waals surface area contributed by atoms with Gasteiger partial charge in [-0.1, -0.05) is 12.1 Å². The van der Waals surface area contributed by atoms with Crippen LogP contribution in [-0.4, -0.2) is 41.7 Å². The first-order chi connectivity index (χ1) is 10.2. The summed E-state index contributed by atoms with van der Waals surface area (Å²) in [7, 11) is 0. The third kappa shape index (κ3) is 3.45. The maximum absolute atomic E-state index is 11.8. The van der Waals surface area contributed by atoms with Gasteiger partial charge in [0.1, 0.15) is 5.75 Å². The minimum Gasteiger partial charge on any atom is -0.508 e. The van der Waals surface area contributed by atoms with Crippen molar-refractivity contribution >= 4 is 12.0 Å². The first-order valence-electron chi connectivity index (χ1n) is 7.60. The van der Waals surface area contributed by atoms with Crippen molar-refractivity contribution in [1.29, 1.82) is 0 Å². The molecule has 2 saturated heterocycles. The van der Waals surface area contributed by atoms with Gasteiger partial charge in [-0.05, 0) is 56.1 Å². The van der Waals surface area contributed by atoms with Crippen LogP contribution in [0.2, 0.25) is 0 Å². The maximum atomic E-state index is 11.8. The number of aromatic hydroxyl groups is 1. The molecule has 4 nitrogen and oxygen atoms in total. The Hall–Kier alpha value is -1.81. The average molecular weight is 287 g/mol. The van der Waals surface area contributed by atoms with Gasteiger partial charge in [0.05, 0.1) is 6.61 Å². The lowest BCUT2D eigenvalue weighted by atomic mass is 9.99. The minimum absolute atomic E-state index is 0.220. The van der Waals surface area contributed by atoms with Crippen molar-refractivity contribution in [3.05, 3.63) is 35.9 Å². The molecular weight excluding hydrogens is 266 g/mol. The number of hydrogen-bond acceptors (Lipinski definition) is 4. The Morgan fingerprint density at radius 2 is 2.10 bits per heavy atom. The third-order valence-electron chi connectivity index (χ3n) is 4.49. The molecule has 1 aromatic rings. The number of fused-ring (bicyclic) bond motifs is 1. The molecule has 2 atom stereocenters. The van der Waals surface area contributed by atoms with Crippen molar-refractivity contribution in [2.24, 2.45) is 5.92 Å². The fourth-order valence-corrected chi connectivity index (χ4v) is 3.37. The van der Waals surface area contributed by atoms with Crippen LogP contribution in [0.4, 0.5) is 0 Å². The predicted molar refractivity (Wildman–Crippen MR) is 80.8 cm³/mol. The molecule has 0 spiro atoms. The first-order valence-corrected chi connectivity index (χ1v) is 7.60. The number of rotatable bonds is 4. The van der Waals surface area contributed by atoms with Gasteiger partial charge in [-0.15, -0.1) is 0 Å². The molecule has 2 aliphatic heterocycles. The zero-order chi connectivity index (χ0) is 14.7. The van der Waals surface area contributed by atoms with Gasteiger partial charge in [-0.3, -0.25) is 4.90 Å². The number of esters is 1. The molecule has 0 aromatic heterocycles. The number of ether oxygens (including phenoxy) is 1. The number of nitrogens with zero attached hydrogens (tertiary/aromatic N) is 1. The highest BCUT2D eigenvalue weighted by molar-refractivity contribution is 5.87. The van der Waals surface area contributed by atoms with E-state index in [0.29, 0.717) is 18.6 Å². The van der Waals surface area contributed by atoms with Gasteiger partial charge in [-0.25, -0.2) is 4.79 Å². The molecule has 0 saturated carbocycles. The molecule has 1 N–H and O–H groups in total. The summed E-state index contributed by atoms with van der Waals surface area (Å²) in [5, 5.41) is 9.19. The highest BCUT2D eigenvalue weighted by Gasteiger charge is 2.37. The summed E-state index contributed by atoms with van der Waals surface area (Å²) >= 11 is 0. The molecule has 0 amide bonds. The quantitative estimate of drug-likeness (QED) is 0.682. The molecule has 1 aromatic carbocycles. The van der Waals surface area contributed by atoms with E-state index in [4.69, 9.17) is 4.74 Å². The lowest BCUT2D eigenvalue weighted by Crippen LogP contribution is -2.28. The number of hydrogen-bond donors (Lipinski definition) is 1. The zero-order valence-electron chi connectivity index (χ0n) is 12.1. The van der Waals surface area contributed by atoms with Gasteiger partial charge in [-0.2, -0.15) is 0 Å². The average Bonchev–Trinajstić information content (AvgIpc) is 3.08. The molecule has 0 radical (unpaired) electrons. The molecule has 4 heteroatoms. The van der Waals surface area contributed by atoms with E-state index in [1.165, 1.54) is 25.5 Å². The van der Waals surface area contributed by atoms with Crippen LogP contribution in [0.25, 0.3) is 6.08 Å². The summed E-state index contributed by atoms with van der Waals surface area (Å²) in [5.74, 6) is 0.426. The van der Waals surface area contributed by atoms with Crippen molar-refractivity contribution in [2.75, 3.05) is 19.7 Å². The number of carbonyl (C=O) groups is 1. The summed E-state index contributed by atoms with van der Waals surface area (Å²) in [6, 6.07) is 7.33. The van der Waals surface area contributed by atoms with Crippen molar-refractivity contribution in [3.63, 3.8) is 0 Å². The van der Waals surface area contributed by atoms with Crippen LogP contribution < -0.4 is 0 Å². The standard InChI is InChI=1S/C17H21NO3/c19-15-6-3-13(4-7-15)5-8-17(20)21-12-14-9-11-18-10-1-2-16(14)18/h3-8,14,16,19H,1-2,9-12H2/b8-5+/t14-,16+/m0/s1. The Labute approximate surface area is 125 Å². The van der Waals surface area contributed by atoms with E-state index in [0.717, 1.165) is 18.5 Å². The van der Waals surface area contributed by atoms with E-state index in [2.05, 4.69) is 4.90 Å².